The van der Waals surface area contributed by atoms with E-state index in [2.05, 4.69) is 25.5 Å². The summed E-state index contributed by atoms with van der Waals surface area (Å²) in [5.74, 6) is 0.317. The number of anilines is 1. The highest BCUT2D eigenvalue weighted by atomic mass is 19.4. The number of H-pyrrole nitrogens is 1. The van der Waals surface area contributed by atoms with E-state index in [-0.39, 0.29) is 37.6 Å². The molecule has 0 saturated carbocycles. The first-order valence-corrected chi connectivity index (χ1v) is 12.4. The van der Waals surface area contributed by atoms with Gasteiger partial charge in [0.25, 0.3) is 0 Å². The third kappa shape index (κ3) is 7.55. The molecule has 0 radical (unpaired) electrons. The lowest BCUT2D eigenvalue weighted by atomic mass is 9.79. The van der Waals surface area contributed by atoms with E-state index in [1.807, 2.05) is 6.92 Å². The third-order valence-corrected chi connectivity index (χ3v) is 6.23. The maximum atomic E-state index is 13.6. The van der Waals surface area contributed by atoms with Crippen LogP contribution in [0.3, 0.4) is 0 Å². The van der Waals surface area contributed by atoms with Crippen LogP contribution in [0.15, 0.2) is 59.0 Å². The summed E-state index contributed by atoms with van der Waals surface area (Å²) in [6.45, 7) is 4.79. The van der Waals surface area contributed by atoms with Gasteiger partial charge in [-0.1, -0.05) is 13.0 Å². The second kappa shape index (κ2) is 13.4. The molecule has 3 heterocycles. The summed E-state index contributed by atoms with van der Waals surface area (Å²) in [5, 5.41) is 21.5. The van der Waals surface area contributed by atoms with E-state index in [4.69, 9.17) is 16.2 Å². The Balaban J connectivity index is 1.82. The molecule has 0 spiro atoms. The number of aromatic amines is 1. The van der Waals surface area contributed by atoms with Crippen molar-refractivity contribution < 1.29 is 23.0 Å². The Kier molecular flexibility index (Phi) is 10.3. The van der Waals surface area contributed by atoms with Crippen molar-refractivity contribution in [2.24, 2.45) is 16.5 Å². The van der Waals surface area contributed by atoms with Gasteiger partial charge in [-0.05, 0) is 43.5 Å². The number of nitrogens with zero attached hydrogens (tertiary/aromatic N) is 4. The largest absolute Gasteiger partial charge is 0.419 e. The molecule has 13 heteroatoms. The van der Waals surface area contributed by atoms with Gasteiger partial charge in [0.05, 0.1) is 30.6 Å². The van der Waals surface area contributed by atoms with E-state index >= 15 is 0 Å². The van der Waals surface area contributed by atoms with Crippen LogP contribution in [0.2, 0.25) is 0 Å². The minimum absolute atomic E-state index is 0.0657. The minimum Gasteiger partial charge on any atom is -0.404 e. The topological polar surface area (TPSA) is 151 Å². The summed E-state index contributed by atoms with van der Waals surface area (Å²) in [5.41, 5.74) is 10.8. The highest BCUT2D eigenvalue weighted by Gasteiger charge is 2.41. The van der Waals surface area contributed by atoms with Crippen LogP contribution in [-0.2, 0) is 10.9 Å². The second-order valence-electron chi connectivity index (χ2n) is 8.78. The maximum Gasteiger partial charge on any atom is 0.419 e. The van der Waals surface area contributed by atoms with E-state index < -0.39 is 17.3 Å². The molecule has 1 aliphatic heterocycles. The first-order chi connectivity index (χ1) is 18.2. The number of nitrogens with one attached hydrogen (secondary N) is 2. The Hall–Kier alpha value is -3.42. The second-order valence-corrected chi connectivity index (χ2v) is 8.78. The van der Waals surface area contributed by atoms with E-state index in [0.717, 1.165) is 19.2 Å². The summed E-state index contributed by atoms with van der Waals surface area (Å²) in [4.78, 5) is 9.82. The number of alkyl halides is 3. The lowest BCUT2D eigenvalue weighted by Gasteiger charge is -2.41. The summed E-state index contributed by atoms with van der Waals surface area (Å²) in [6, 6.07) is 3.89. The summed E-state index contributed by atoms with van der Waals surface area (Å²) >= 11 is 0. The van der Waals surface area contributed by atoms with Gasteiger partial charge in [-0.25, -0.2) is 9.98 Å². The van der Waals surface area contributed by atoms with Crippen LogP contribution in [0.1, 0.15) is 31.7 Å². The smallest absolute Gasteiger partial charge is 0.404 e. The Morgan fingerprint density at radius 3 is 2.68 bits per heavy atom. The van der Waals surface area contributed by atoms with Crippen LogP contribution in [0.25, 0.3) is 0 Å². The fourth-order valence-corrected chi connectivity index (χ4v) is 4.30. The van der Waals surface area contributed by atoms with Gasteiger partial charge in [0.15, 0.2) is 0 Å². The monoisotopic (exact) mass is 536 g/mol. The van der Waals surface area contributed by atoms with Gasteiger partial charge in [-0.2, -0.15) is 18.3 Å². The molecule has 0 unspecified atom stereocenters. The van der Waals surface area contributed by atoms with E-state index in [1.54, 1.807) is 12.1 Å². The lowest BCUT2D eigenvalue weighted by Crippen LogP contribution is -2.47. The zero-order chi connectivity index (χ0) is 27.6. The van der Waals surface area contributed by atoms with Crippen LogP contribution in [0.4, 0.5) is 24.8 Å². The molecular weight excluding hydrogens is 501 g/mol. The molecule has 0 aromatic carbocycles. The van der Waals surface area contributed by atoms with Crippen molar-refractivity contribution in [2.45, 2.75) is 38.0 Å². The molecule has 1 aliphatic rings. The SMILES string of the molecule is CCNCCOCC\C=C(C(=C/N)/C(N)=N/c1ccn[nH]1)\C1(O)CCN(c2ncccc2C(F)(F)F)CC1. The molecule has 2 aromatic heterocycles. The third-order valence-electron chi connectivity index (χ3n) is 6.23. The normalized spacial score (nSPS) is 17.2. The van der Waals surface area contributed by atoms with Crippen molar-refractivity contribution in [2.75, 3.05) is 44.3 Å². The highest BCUT2D eigenvalue weighted by Crippen LogP contribution is 2.39. The molecule has 208 valence electrons. The zero-order valence-electron chi connectivity index (χ0n) is 21.3. The summed E-state index contributed by atoms with van der Waals surface area (Å²) in [7, 11) is 0. The number of aromatic nitrogens is 3. The molecule has 0 aliphatic carbocycles. The predicted molar refractivity (Wildman–Crippen MR) is 140 cm³/mol. The van der Waals surface area contributed by atoms with Crippen molar-refractivity contribution in [3.05, 3.63) is 59.6 Å². The fourth-order valence-electron chi connectivity index (χ4n) is 4.30. The average molecular weight is 537 g/mol. The number of hydrogen-bond donors (Lipinski definition) is 5. The molecule has 3 rings (SSSR count). The number of piperidine rings is 1. The van der Waals surface area contributed by atoms with Gasteiger partial charge in [-0.15, -0.1) is 0 Å². The molecule has 0 atom stereocenters. The highest BCUT2D eigenvalue weighted by molar-refractivity contribution is 6.02. The number of nitrogens with two attached hydrogens (primary N) is 2. The van der Waals surface area contributed by atoms with E-state index in [9.17, 15) is 18.3 Å². The van der Waals surface area contributed by atoms with Crippen molar-refractivity contribution in [3.63, 3.8) is 0 Å². The number of ether oxygens (including phenoxy) is 1. The summed E-state index contributed by atoms with van der Waals surface area (Å²) < 4.78 is 46.3. The standard InChI is InChI=1S/C25H35F3N8O2/c1-2-31-12-16-38-15-4-6-19(18(17-29)22(30)34-21-7-11-33-35-21)24(37)8-13-36(14-9-24)23-20(25(26,27)28)5-3-10-32-23/h3,5-7,10-11,17,31,37H,2,4,8-9,12-16,29H2,1H3,(H3,30,33,34,35)/b18-17-,19-6+. The zero-order valence-corrected chi connectivity index (χ0v) is 21.3. The number of halogens is 3. The number of aliphatic imine (C=N–C) groups is 1. The molecule has 1 saturated heterocycles. The summed E-state index contributed by atoms with van der Waals surface area (Å²) in [6.07, 6.45) is 2.11. The van der Waals surface area contributed by atoms with Crippen molar-refractivity contribution in [3.8, 4) is 0 Å². The molecular formula is C25H35F3N8O2. The molecule has 38 heavy (non-hydrogen) atoms. The van der Waals surface area contributed by atoms with Gasteiger partial charge in [0.1, 0.15) is 17.5 Å². The van der Waals surface area contributed by atoms with Gasteiger partial charge >= 0.3 is 6.18 Å². The van der Waals surface area contributed by atoms with Crippen LogP contribution in [0, 0.1) is 0 Å². The Bertz CT molecular complexity index is 1110. The van der Waals surface area contributed by atoms with Gasteiger partial charge in [-0.3, -0.25) is 5.10 Å². The quantitative estimate of drug-likeness (QED) is 0.120. The number of hydrogen-bond acceptors (Lipinski definition) is 8. The molecule has 0 bridgehead atoms. The number of likely N-dealkylation sites (N-methyl/N-ethyl adjacent to an activating group) is 1. The number of aliphatic hydroxyl groups is 1. The predicted octanol–water partition coefficient (Wildman–Crippen LogP) is 2.63. The number of pyridine rings is 1. The molecule has 7 N–H and O–H groups in total. The number of amidine groups is 1. The first kappa shape index (κ1) is 29.1. The van der Waals surface area contributed by atoms with Gasteiger partial charge in [0.2, 0.25) is 0 Å². The Labute approximate surface area is 219 Å². The van der Waals surface area contributed by atoms with E-state index in [0.29, 0.717) is 36.6 Å². The van der Waals surface area contributed by atoms with Crippen molar-refractivity contribution >= 4 is 17.5 Å². The molecule has 10 nitrogen and oxygen atoms in total. The first-order valence-electron chi connectivity index (χ1n) is 12.4. The van der Waals surface area contributed by atoms with Gasteiger partial charge < -0.3 is 31.5 Å². The lowest BCUT2D eigenvalue weighted by molar-refractivity contribution is -0.137. The Morgan fingerprint density at radius 2 is 2.05 bits per heavy atom. The van der Waals surface area contributed by atoms with Crippen LogP contribution >= 0.6 is 0 Å². The van der Waals surface area contributed by atoms with Crippen LogP contribution < -0.4 is 21.7 Å². The van der Waals surface area contributed by atoms with Crippen LogP contribution in [0.5, 0.6) is 0 Å². The minimum atomic E-state index is -4.54. The number of rotatable bonds is 12. The fraction of sp³-hybridized carbons (Fsp3) is 0.480. The van der Waals surface area contributed by atoms with Crippen LogP contribution in [-0.4, -0.2) is 71.1 Å². The average Bonchev–Trinajstić information content (AvgIpc) is 3.40. The molecule has 1 fully saturated rings. The van der Waals surface area contributed by atoms with Crippen molar-refractivity contribution in [1.82, 2.24) is 20.5 Å². The van der Waals surface area contributed by atoms with Crippen molar-refractivity contribution in [1.29, 1.82) is 0 Å². The van der Waals surface area contributed by atoms with E-state index in [1.165, 1.54) is 29.6 Å². The maximum absolute atomic E-state index is 13.6. The molecule has 2 aromatic rings. The molecule has 0 amide bonds. The Morgan fingerprint density at radius 1 is 1.29 bits per heavy atom. The van der Waals surface area contributed by atoms with Gasteiger partial charge in [0, 0.05) is 43.7 Å².